The van der Waals surface area contributed by atoms with E-state index >= 15 is 0 Å². The summed E-state index contributed by atoms with van der Waals surface area (Å²) in [5.41, 5.74) is 1.01. The van der Waals surface area contributed by atoms with Gasteiger partial charge in [-0.05, 0) is 25.2 Å². The minimum atomic E-state index is -0.838. The number of ether oxygens (including phenoxy) is 1. The van der Waals surface area contributed by atoms with Crippen LogP contribution in [0.5, 0.6) is 0 Å². The molecule has 0 saturated carbocycles. The van der Waals surface area contributed by atoms with Crippen molar-refractivity contribution in [3.63, 3.8) is 0 Å². The lowest BCUT2D eigenvalue weighted by molar-refractivity contribution is -0.143. The van der Waals surface area contributed by atoms with Crippen molar-refractivity contribution in [2.75, 3.05) is 31.6 Å². The Morgan fingerprint density at radius 2 is 2.12 bits per heavy atom. The number of likely N-dealkylation sites (tertiary alicyclic amines) is 1. The van der Waals surface area contributed by atoms with Gasteiger partial charge in [-0.1, -0.05) is 6.92 Å². The molecular weight excluding hydrogens is 330 g/mol. The summed E-state index contributed by atoms with van der Waals surface area (Å²) >= 11 is 1.42. The summed E-state index contributed by atoms with van der Waals surface area (Å²) in [6, 6.07) is -0.263. The maximum atomic E-state index is 12.4. The SMILES string of the molecule is CC1CC(C(=O)O)CN(C(=O)Nc2nc(C3CCOCC3)cs2)C1. The van der Waals surface area contributed by atoms with Gasteiger partial charge in [-0.2, -0.15) is 0 Å². The monoisotopic (exact) mass is 353 g/mol. The Hall–Kier alpha value is -1.67. The van der Waals surface area contributed by atoms with Crippen LogP contribution in [0.4, 0.5) is 9.93 Å². The topological polar surface area (TPSA) is 91.8 Å². The number of rotatable bonds is 3. The fourth-order valence-electron chi connectivity index (χ4n) is 3.39. The Morgan fingerprint density at radius 3 is 2.83 bits per heavy atom. The highest BCUT2D eigenvalue weighted by Crippen LogP contribution is 2.30. The number of amides is 2. The van der Waals surface area contributed by atoms with Crippen molar-refractivity contribution in [3.8, 4) is 0 Å². The van der Waals surface area contributed by atoms with Gasteiger partial charge in [-0.3, -0.25) is 10.1 Å². The third-order valence-electron chi connectivity index (χ3n) is 4.67. The number of aliphatic carboxylic acids is 1. The van der Waals surface area contributed by atoms with Crippen molar-refractivity contribution in [2.24, 2.45) is 11.8 Å². The van der Waals surface area contributed by atoms with Crippen LogP contribution in [0.3, 0.4) is 0 Å². The van der Waals surface area contributed by atoms with E-state index in [1.54, 1.807) is 4.90 Å². The quantitative estimate of drug-likeness (QED) is 0.871. The number of nitrogens with one attached hydrogen (secondary N) is 1. The number of thiazole rings is 1. The van der Waals surface area contributed by atoms with E-state index in [4.69, 9.17) is 4.74 Å². The molecule has 0 bridgehead atoms. The molecule has 2 aliphatic rings. The van der Waals surface area contributed by atoms with E-state index in [0.29, 0.717) is 24.0 Å². The van der Waals surface area contributed by atoms with Crippen LogP contribution in [-0.2, 0) is 9.53 Å². The summed E-state index contributed by atoms with van der Waals surface area (Å²) < 4.78 is 5.36. The maximum absolute atomic E-state index is 12.4. The van der Waals surface area contributed by atoms with E-state index in [-0.39, 0.29) is 18.5 Å². The normalized spacial score (nSPS) is 25.5. The predicted molar refractivity (Wildman–Crippen MR) is 90.4 cm³/mol. The summed E-state index contributed by atoms with van der Waals surface area (Å²) in [6.07, 6.45) is 2.53. The van der Waals surface area contributed by atoms with E-state index in [1.165, 1.54) is 11.3 Å². The first-order valence-corrected chi connectivity index (χ1v) is 9.22. The average molecular weight is 353 g/mol. The van der Waals surface area contributed by atoms with E-state index in [2.05, 4.69) is 10.3 Å². The van der Waals surface area contributed by atoms with Crippen LogP contribution in [0.15, 0.2) is 5.38 Å². The summed E-state index contributed by atoms with van der Waals surface area (Å²) in [7, 11) is 0. The van der Waals surface area contributed by atoms with Gasteiger partial charge in [0.25, 0.3) is 0 Å². The van der Waals surface area contributed by atoms with E-state index in [1.807, 2.05) is 12.3 Å². The first-order valence-electron chi connectivity index (χ1n) is 8.35. The molecule has 1 aromatic heterocycles. The summed E-state index contributed by atoms with van der Waals surface area (Å²) in [5, 5.41) is 14.6. The number of piperidine rings is 1. The standard InChI is InChI=1S/C16H23N3O4S/c1-10-6-12(14(20)21)8-19(7-10)16(22)18-15-17-13(9-24-15)11-2-4-23-5-3-11/h9-12H,2-8H2,1H3,(H,20,21)(H,17,18,22). The number of aromatic nitrogens is 1. The molecule has 3 rings (SSSR count). The van der Waals surface area contributed by atoms with Gasteiger partial charge < -0.3 is 14.7 Å². The van der Waals surface area contributed by atoms with Crippen LogP contribution >= 0.6 is 11.3 Å². The molecule has 0 aliphatic carbocycles. The van der Waals surface area contributed by atoms with Gasteiger partial charge in [-0.15, -0.1) is 11.3 Å². The molecule has 2 unspecified atom stereocenters. The number of hydrogen-bond donors (Lipinski definition) is 2. The molecule has 0 aromatic carbocycles. The molecule has 2 amide bonds. The van der Waals surface area contributed by atoms with Gasteiger partial charge in [-0.25, -0.2) is 9.78 Å². The molecule has 3 heterocycles. The summed E-state index contributed by atoms with van der Waals surface area (Å²) in [5.74, 6) is -0.754. The second-order valence-electron chi connectivity index (χ2n) is 6.68. The van der Waals surface area contributed by atoms with Gasteiger partial charge in [0.2, 0.25) is 0 Å². The Bertz CT molecular complexity index is 600. The first-order chi connectivity index (χ1) is 11.5. The minimum absolute atomic E-state index is 0.180. The van der Waals surface area contributed by atoms with Crippen LogP contribution in [0.25, 0.3) is 0 Å². The highest BCUT2D eigenvalue weighted by Gasteiger charge is 2.32. The molecule has 0 radical (unpaired) electrons. The number of urea groups is 1. The van der Waals surface area contributed by atoms with Gasteiger partial charge >= 0.3 is 12.0 Å². The van der Waals surface area contributed by atoms with Crippen molar-refractivity contribution in [1.82, 2.24) is 9.88 Å². The molecule has 24 heavy (non-hydrogen) atoms. The van der Waals surface area contributed by atoms with E-state index < -0.39 is 11.9 Å². The van der Waals surface area contributed by atoms with Crippen molar-refractivity contribution in [2.45, 2.75) is 32.1 Å². The van der Waals surface area contributed by atoms with Crippen molar-refractivity contribution >= 4 is 28.5 Å². The maximum Gasteiger partial charge on any atom is 0.323 e. The highest BCUT2D eigenvalue weighted by atomic mass is 32.1. The van der Waals surface area contributed by atoms with Crippen LogP contribution in [0.2, 0.25) is 0 Å². The summed E-state index contributed by atoms with van der Waals surface area (Å²) in [4.78, 5) is 29.8. The molecule has 132 valence electrons. The first kappa shape index (κ1) is 17.2. The zero-order chi connectivity index (χ0) is 17.1. The number of carboxylic acid groups (broad SMARTS) is 1. The second-order valence-corrected chi connectivity index (χ2v) is 7.53. The predicted octanol–water partition coefficient (Wildman–Crippen LogP) is 2.61. The molecule has 1 aromatic rings. The molecule has 2 aliphatic heterocycles. The molecule has 2 saturated heterocycles. The molecule has 2 fully saturated rings. The van der Waals surface area contributed by atoms with Gasteiger partial charge in [0.05, 0.1) is 11.6 Å². The van der Waals surface area contributed by atoms with Gasteiger partial charge in [0.1, 0.15) is 0 Å². The minimum Gasteiger partial charge on any atom is -0.481 e. The zero-order valence-corrected chi connectivity index (χ0v) is 14.6. The highest BCUT2D eigenvalue weighted by molar-refractivity contribution is 7.13. The number of nitrogens with zero attached hydrogens (tertiary/aromatic N) is 2. The van der Waals surface area contributed by atoms with Crippen molar-refractivity contribution in [3.05, 3.63) is 11.1 Å². The molecule has 7 nitrogen and oxygen atoms in total. The Labute approximate surface area is 145 Å². The lowest BCUT2D eigenvalue weighted by atomic mass is 9.91. The van der Waals surface area contributed by atoms with Gasteiger partial charge in [0.15, 0.2) is 5.13 Å². The fraction of sp³-hybridized carbons (Fsp3) is 0.688. The number of anilines is 1. The van der Waals surface area contributed by atoms with Crippen LogP contribution in [-0.4, -0.2) is 53.3 Å². The lowest BCUT2D eigenvalue weighted by Crippen LogP contribution is -2.47. The molecular formula is C16H23N3O4S. The lowest BCUT2D eigenvalue weighted by Gasteiger charge is -2.34. The van der Waals surface area contributed by atoms with Crippen LogP contribution < -0.4 is 5.32 Å². The smallest absolute Gasteiger partial charge is 0.323 e. The Morgan fingerprint density at radius 1 is 1.38 bits per heavy atom. The average Bonchev–Trinajstić information content (AvgIpc) is 3.03. The largest absolute Gasteiger partial charge is 0.481 e. The number of hydrogen-bond acceptors (Lipinski definition) is 5. The third-order valence-corrected chi connectivity index (χ3v) is 5.45. The third kappa shape index (κ3) is 4.05. The second kappa shape index (κ2) is 7.48. The zero-order valence-electron chi connectivity index (χ0n) is 13.7. The molecule has 8 heteroatoms. The van der Waals surface area contributed by atoms with E-state index in [9.17, 15) is 14.7 Å². The van der Waals surface area contributed by atoms with Crippen molar-refractivity contribution < 1.29 is 19.4 Å². The Balaban J connectivity index is 1.60. The number of carbonyl (C=O) groups is 2. The van der Waals surface area contributed by atoms with Crippen LogP contribution in [0, 0.1) is 11.8 Å². The number of carbonyl (C=O) groups excluding carboxylic acids is 1. The molecule has 2 N–H and O–H groups in total. The number of carboxylic acids is 1. The molecule has 2 atom stereocenters. The Kier molecular flexibility index (Phi) is 5.35. The summed E-state index contributed by atoms with van der Waals surface area (Å²) in [6.45, 7) is 4.32. The fourth-order valence-corrected chi connectivity index (χ4v) is 4.17. The molecule has 0 spiro atoms. The van der Waals surface area contributed by atoms with Crippen molar-refractivity contribution in [1.29, 1.82) is 0 Å². The van der Waals surface area contributed by atoms with Crippen LogP contribution in [0.1, 0.15) is 37.8 Å². The van der Waals surface area contributed by atoms with Gasteiger partial charge in [0, 0.05) is 37.6 Å². The van der Waals surface area contributed by atoms with E-state index in [0.717, 1.165) is 31.7 Å².